The summed E-state index contributed by atoms with van der Waals surface area (Å²) in [5.74, 6) is 2.57. The fourth-order valence-corrected chi connectivity index (χ4v) is 7.03. The van der Waals surface area contributed by atoms with E-state index >= 15 is 0 Å². The van der Waals surface area contributed by atoms with Crippen LogP contribution in [0.4, 0.5) is 0 Å². The molecule has 2 aliphatic rings. The molecule has 2 aliphatic carbocycles. The molecule has 0 heterocycles. The Bertz CT molecular complexity index is 343. The van der Waals surface area contributed by atoms with Gasteiger partial charge in [-0.25, -0.2) is 0 Å². The summed E-state index contributed by atoms with van der Waals surface area (Å²) in [6.07, 6.45) is 21.0. The van der Waals surface area contributed by atoms with Gasteiger partial charge in [0.25, 0.3) is 0 Å². The first-order chi connectivity index (χ1) is 10.8. The van der Waals surface area contributed by atoms with E-state index in [0.717, 1.165) is 23.3 Å². The Morgan fingerprint density at radius 3 is 1.68 bits per heavy atom. The van der Waals surface area contributed by atoms with Crippen molar-refractivity contribution in [2.75, 3.05) is 7.11 Å². The highest BCUT2D eigenvalue weighted by molar-refractivity contribution is 6.53. The average Bonchev–Trinajstić information content (AvgIpc) is 2.57. The second kappa shape index (κ2) is 9.72. The van der Waals surface area contributed by atoms with Gasteiger partial charge >= 0.3 is 0 Å². The Morgan fingerprint density at radius 2 is 1.27 bits per heavy atom. The summed E-state index contributed by atoms with van der Waals surface area (Å²) in [5.41, 5.74) is 0.941. The topological polar surface area (TPSA) is 9.23 Å². The SMILES string of the molecule is C/C=C/[C@H]1CC[C@H](/C=C/C2CCC([SiH](CC)OC)CC2)CC1. The van der Waals surface area contributed by atoms with Gasteiger partial charge in [0.15, 0.2) is 9.04 Å². The number of hydrogen-bond donors (Lipinski definition) is 0. The summed E-state index contributed by atoms with van der Waals surface area (Å²) in [5, 5.41) is 0. The zero-order valence-corrected chi connectivity index (χ0v) is 16.1. The van der Waals surface area contributed by atoms with Crippen molar-refractivity contribution in [1.82, 2.24) is 0 Å². The second-order valence-electron chi connectivity index (χ2n) is 7.44. The lowest BCUT2D eigenvalue weighted by Gasteiger charge is -2.31. The molecule has 0 aromatic carbocycles. The summed E-state index contributed by atoms with van der Waals surface area (Å²) in [4.78, 5) is 0. The van der Waals surface area contributed by atoms with Crippen molar-refractivity contribution >= 4 is 9.04 Å². The summed E-state index contributed by atoms with van der Waals surface area (Å²) in [6, 6.07) is 1.30. The van der Waals surface area contributed by atoms with E-state index in [1.165, 1.54) is 57.4 Å². The molecule has 0 spiro atoms. The van der Waals surface area contributed by atoms with Crippen LogP contribution < -0.4 is 0 Å². The fraction of sp³-hybridized carbons (Fsp3) is 0.800. The Balaban J connectivity index is 1.70. The Labute approximate surface area is 139 Å². The highest BCUT2D eigenvalue weighted by Crippen LogP contribution is 2.37. The van der Waals surface area contributed by atoms with E-state index in [2.05, 4.69) is 38.2 Å². The molecule has 2 heteroatoms. The maximum Gasteiger partial charge on any atom is 0.179 e. The second-order valence-corrected chi connectivity index (χ2v) is 10.8. The van der Waals surface area contributed by atoms with Gasteiger partial charge in [0.1, 0.15) is 0 Å². The van der Waals surface area contributed by atoms with Gasteiger partial charge in [-0.2, -0.15) is 0 Å². The molecule has 0 aromatic rings. The van der Waals surface area contributed by atoms with Gasteiger partial charge in [-0.05, 0) is 74.8 Å². The van der Waals surface area contributed by atoms with Crippen LogP contribution in [0.5, 0.6) is 0 Å². The minimum atomic E-state index is -0.893. The highest BCUT2D eigenvalue weighted by atomic mass is 28.3. The van der Waals surface area contributed by atoms with E-state index in [0.29, 0.717) is 0 Å². The number of rotatable bonds is 6. The van der Waals surface area contributed by atoms with Gasteiger partial charge in [-0.3, -0.25) is 0 Å². The number of hydrogen-bond acceptors (Lipinski definition) is 1. The third-order valence-corrected chi connectivity index (χ3v) is 9.11. The van der Waals surface area contributed by atoms with Crippen LogP contribution in [0.2, 0.25) is 11.6 Å². The summed E-state index contributed by atoms with van der Waals surface area (Å²) in [6.45, 7) is 4.47. The van der Waals surface area contributed by atoms with Crippen LogP contribution >= 0.6 is 0 Å². The third-order valence-electron chi connectivity index (χ3n) is 5.98. The first-order valence-corrected chi connectivity index (χ1v) is 11.6. The minimum Gasteiger partial charge on any atom is -0.423 e. The monoisotopic (exact) mass is 320 g/mol. The van der Waals surface area contributed by atoms with Gasteiger partial charge in [-0.15, -0.1) is 0 Å². The molecule has 0 aromatic heterocycles. The molecule has 0 N–H and O–H groups in total. The lowest BCUT2D eigenvalue weighted by atomic mass is 9.80. The van der Waals surface area contributed by atoms with E-state index in [4.69, 9.17) is 4.43 Å². The van der Waals surface area contributed by atoms with Gasteiger partial charge in [0.2, 0.25) is 0 Å². The standard InChI is InChI=1S/C20H36OSi/c1-4-6-17-7-9-18(10-8-17)11-12-19-13-15-20(16-14-19)22(5-2)21-3/h4,6,11-12,17-20,22H,5,7-10,13-16H2,1-3H3/b6-4+,12-11+/t17-,18-,19?,20?,22?. The van der Waals surface area contributed by atoms with Crippen molar-refractivity contribution < 1.29 is 4.43 Å². The van der Waals surface area contributed by atoms with Crippen LogP contribution in [-0.2, 0) is 4.43 Å². The molecular formula is C20H36OSi. The van der Waals surface area contributed by atoms with Crippen molar-refractivity contribution in [2.45, 2.75) is 76.8 Å². The van der Waals surface area contributed by atoms with Crippen molar-refractivity contribution in [3.63, 3.8) is 0 Å². The normalized spacial score (nSPS) is 35.2. The van der Waals surface area contributed by atoms with Gasteiger partial charge in [0.05, 0.1) is 0 Å². The first kappa shape index (κ1) is 18.0. The van der Waals surface area contributed by atoms with E-state index in [1.807, 2.05) is 7.11 Å². The summed E-state index contributed by atoms with van der Waals surface area (Å²) >= 11 is 0. The van der Waals surface area contributed by atoms with Crippen LogP contribution in [0.25, 0.3) is 0 Å². The van der Waals surface area contributed by atoms with Crippen LogP contribution in [-0.4, -0.2) is 16.2 Å². The zero-order chi connectivity index (χ0) is 15.8. The molecule has 1 atom stereocenters. The Hall–Kier alpha value is -0.343. The molecule has 1 nitrogen and oxygen atoms in total. The molecule has 126 valence electrons. The highest BCUT2D eigenvalue weighted by Gasteiger charge is 2.27. The molecular weight excluding hydrogens is 284 g/mol. The predicted octanol–water partition coefficient (Wildman–Crippen LogP) is 5.88. The van der Waals surface area contributed by atoms with E-state index in [1.54, 1.807) is 0 Å². The smallest absolute Gasteiger partial charge is 0.179 e. The third kappa shape index (κ3) is 5.38. The zero-order valence-electron chi connectivity index (χ0n) is 15.0. The molecule has 2 rings (SSSR count). The van der Waals surface area contributed by atoms with Crippen molar-refractivity contribution in [2.24, 2.45) is 17.8 Å². The average molecular weight is 321 g/mol. The Kier molecular flexibility index (Phi) is 7.95. The fourth-order valence-electron chi connectivity index (χ4n) is 4.52. The van der Waals surface area contributed by atoms with E-state index in [9.17, 15) is 0 Å². The summed E-state index contributed by atoms with van der Waals surface area (Å²) < 4.78 is 5.77. The van der Waals surface area contributed by atoms with Crippen LogP contribution in [0.1, 0.15) is 65.2 Å². The molecule has 0 bridgehead atoms. The molecule has 2 fully saturated rings. The van der Waals surface area contributed by atoms with Crippen LogP contribution in [0.15, 0.2) is 24.3 Å². The molecule has 22 heavy (non-hydrogen) atoms. The Morgan fingerprint density at radius 1 is 0.818 bits per heavy atom. The maximum absolute atomic E-state index is 5.77. The first-order valence-electron chi connectivity index (χ1n) is 9.60. The lowest BCUT2D eigenvalue weighted by Crippen LogP contribution is -2.26. The molecule has 0 aliphatic heterocycles. The quantitative estimate of drug-likeness (QED) is 0.439. The van der Waals surface area contributed by atoms with Gasteiger partial charge in [0, 0.05) is 7.11 Å². The van der Waals surface area contributed by atoms with Crippen molar-refractivity contribution in [3.8, 4) is 0 Å². The lowest BCUT2D eigenvalue weighted by molar-refractivity contribution is 0.345. The van der Waals surface area contributed by atoms with Crippen molar-refractivity contribution in [3.05, 3.63) is 24.3 Å². The number of allylic oxidation sites excluding steroid dienone is 4. The molecule has 2 saturated carbocycles. The van der Waals surface area contributed by atoms with E-state index < -0.39 is 9.04 Å². The van der Waals surface area contributed by atoms with Crippen LogP contribution in [0, 0.1) is 17.8 Å². The van der Waals surface area contributed by atoms with Crippen molar-refractivity contribution in [1.29, 1.82) is 0 Å². The maximum atomic E-state index is 5.77. The van der Waals surface area contributed by atoms with Gasteiger partial charge in [-0.1, -0.05) is 44.1 Å². The molecule has 0 radical (unpaired) electrons. The molecule has 1 unspecified atom stereocenters. The van der Waals surface area contributed by atoms with Gasteiger partial charge < -0.3 is 4.43 Å². The summed E-state index contributed by atoms with van der Waals surface area (Å²) in [7, 11) is 1.05. The largest absolute Gasteiger partial charge is 0.423 e. The minimum absolute atomic E-state index is 0.855. The predicted molar refractivity (Wildman–Crippen MR) is 99.7 cm³/mol. The van der Waals surface area contributed by atoms with E-state index in [-0.39, 0.29) is 0 Å². The van der Waals surface area contributed by atoms with Crippen LogP contribution in [0.3, 0.4) is 0 Å². The molecule has 0 saturated heterocycles. The molecule has 0 amide bonds.